The lowest BCUT2D eigenvalue weighted by atomic mass is 9.99. The van der Waals surface area contributed by atoms with Gasteiger partial charge in [0, 0.05) is 19.3 Å². The van der Waals surface area contributed by atoms with E-state index >= 15 is 0 Å². The molecule has 1 aromatic carbocycles. The van der Waals surface area contributed by atoms with Gasteiger partial charge in [-0.05, 0) is 36.6 Å². The lowest BCUT2D eigenvalue weighted by Crippen LogP contribution is -2.44. The second kappa shape index (κ2) is 7.60. The molecule has 0 radical (unpaired) electrons. The Morgan fingerprint density at radius 2 is 2.04 bits per heavy atom. The van der Waals surface area contributed by atoms with Crippen LogP contribution in [-0.2, 0) is 4.79 Å². The Labute approximate surface area is 147 Å². The molecule has 1 amide bonds. The fourth-order valence-corrected chi connectivity index (χ4v) is 3.00. The number of anilines is 1. The van der Waals surface area contributed by atoms with Crippen molar-refractivity contribution >= 4 is 28.8 Å². The lowest BCUT2D eigenvalue weighted by molar-refractivity contribution is -0.120. The summed E-state index contributed by atoms with van der Waals surface area (Å²) in [7, 11) is 0. The summed E-state index contributed by atoms with van der Waals surface area (Å²) in [6, 6.07) is 13.7. The second-order valence-corrected chi connectivity index (χ2v) is 6.21. The standard InChI is InChI=1S/C19H20ClN3O/c1-14(19(24)22-17-8-5-11-21-18(17)20)23-12-9-16(10-13-23)15-6-3-2-4-7-15/h2-9,11,14H,10,12-13H2,1H3,(H,22,24)/t14-/m0/s1. The summed E-state index contributed by atoms with van der Waals surface area (Å²) in [4.78, 5) is 18.6. The highest BCUT2D eigenvalue weighted by Gasteiger charge is 2.24. The quantitative estimate of drug-likeness (QED) is 0.859. The minimum Gasteiger partial charge on any atom is -0.322 e. The van der Waals surface area contributed by atoms with Gasteiger partial charge < -0.3 is 5.32 Å². The third-order valence-electron chi connectivity index (χ3n) is 4.33. The van der Waals surface area contributed by atoms with Crippen LogP contribution in [0.5, 0.6) is 0 Å². The summed E-state index contributed by atoms with van der Waals surface area (Å²) in [5.41, 5.74) is 3.15. The highest BCUT2D eigenvalue weighted by atomic mass is 35.5. The minimum absolute atomic E-state index is 0.0681. The van der Waals surface area contributed by atoms with Crippen molar-refractivity contribution in [3.8, 4) is 0 Å². The summed E-state index contributed by atoms with van der Waals surface area (Å²) in [5, 5.41) is 3.16. The van der Waals surface area contributed by atoms with E-state index in [0.29, 0.717) is 10.8 Å². The van der Waals surface area contributed by atoms with Gasteiger partial charge >= 0.3 is 0 Å². The Bertz CT molecular complexity index is 745. The molecule has 0 spiro atoms. The molecule has 24 heavy (non-hydrogen) atoms. The topological polar surface area (TPSA) is 45.2 Å². The summed E-state index contributed by atoms with van der Waals surface area (Å²) >= 11 is 6.00. The van der Waals surface area contributed by atoms with Crippen LogP contribution in [-0.4, -0.2) is 34.9 Å². The van der Waals surface area contributed by atoms with E-state index in [9.17, 15) is 4.79 Å². The maximum Gasteiger partial charge on any atom is 0.241 e. The molecule has 0 saturated carbocycles. The average molecular weight is 342 g/mol. The summed E-state index contributed by atoms with van der Waals surface area (Å²) in [6.45, 7) is 3.54. The second-order valence-electron chi connectivity index (χ2n) is 5.85. The van der Waals surface area contributed by atoms with Gasteiger partial charge in [0.2, 0.25) is 5.91 Å². The van der Waals surface area contributed by atoms with E-state index in [1.165, 1.54) is 11.1 Å². The van der Waals surface area contributed by atoms with E-state index in [-0.39, 0.29) is 11.9 Å². The number of benzene rings is 1. The van der Waals surface area contributed by atoms with Gasteiger partial charge in [0.05, 0.1) is 11.7 Å². The first-order chi connectivity index (χ1) is 11.6. The highest BCUT2D eigenvalue weighted by Crippen LogP contribution is 2.24. The molecule has 2 aromatic rings. The van der Waals surface area contributed by atoms with Gasteiger partial charge in [-0.15, -0.1) is 0 Å². The Hall–Kier alpha value is -2.17. The molecule has 4 nitrogen and oxygen atoms in total. The van der Waals surface area contributed by atoms with Gasteiger partial charge in [0.15, 0.2) is 5.15 Å². The smallest absolute Gasteiger partial charge is 0.241 e. The van der Waals surface area contributed by atoms with E-state index in [1.54, 1.807) is 18.3 Å². The predicted octanol–water partition coefficient (Wildman–Crippen LogP) is 3.85. The molecule has 0 aliphatic carbocycles. The number of amides is 1. The van der Waals surface area contributed by atoms with Gasteiger partial charge in [-0.1, -0.05) is 48.0 Å². The van der Waals surface area contributed by atoms with Gasteiger partial charge in [-0.2, -0.15) is 0 Å². The fourth-order valence-electron chi connectivity index (χ4n) is 2.83. The molecule has 0 fully saturated rings. The van der Waals surface area contributed by atoms with Crippen LogP contribution in [0.2, 0.25) is 5.15 Å². The zero-order valence-electron chi connectivity index (χ0n) is 13.6. The molecule has 1 aliphatic rings. The van der Waals surface area contributed by atoms with Gasteiger partial charge in [0.25, 0.3) is 0 Å². The van der Waals surface area contributed by atoms with E-state index in [2.05, 4.69) is 45.5 Å². The highest BCUT2D eigenvalue weighted by molar-refractivity contribution is 6.32. The Morgan fingerprint density at radius 3 is 2.71 bits per heavy atom. The molecular weight excluding hydrogens is 322 g/mol. The molecular formula is C19H20ClN3O. The largest absolute Gasteiger partial charge is 0.322 e. The molecule has 1 aromatic heterocycles. The summed E-state index contributed by atoms with van der Waals surface area (Å²) < 4.78 is 0. The number of rotatable bonds is 4. The van der Waals surface area contributed by atoms with Crippen LogP contribution in [0.1, 0.15) is 18.9 Å². The number of nitrogens with zero attached hydrogens (tertiary/aromatic N) is 2. The molecule has 3 rings (SSSR count). The lowest BCUT2D eigenvalue weighted by Gasteiger charge is -2.31. The SMILES string of the molecule is C[C@@H](C(=O)Nc1cccnc1Cl)N1CC=C(c2ccccc2)CC1. The molecule has 0 saturated heterocycles. The van der Waals surface area contributed by atoms with E-state index in [0.717, 1.165) is 19.5 Å². The van der Waals surface area contributed by atoms with Crippen molar-refractivity contribution in [2.75, 3.05) is 18.4 Å². The molecule has 2 heterocycles. The zero-order valence-corrected chi connectivity index (χ0v) is 14.3. The molecule has 1 aliphatic heterocycles. The van der Waals surface area contributed by atoms with Crippen LogP contribution in [0.25, 0.3) is 5.57 Å². The van der Waals surface area contributed by atoms with Crippen molar-refractivity contribution in [3.63, 3.8) is 0 Å². The van der Waals surface area contributed by atoms with Crippen LogP contribution in [0.3, 0.4) is 0 Å². The number of nitrogens with one attached hydrogen (secondary N) is 1. The zero-order chi connectivity index (χ0) is 16.9. The van der Waals surface area contributed by atoms with Crippen LogP contribution in [0.15, 0.2) is 54.7 Å². The first kappa shape index (κ1) is 16.7. The number of halogens is 1. The maximum absolute atomic E-state index is 12.5. The Kier molecular flexibility index (Phi) is 5.28. The number of pyridine rings is 1. The monoisotopic (exact) mass is 341 g/mol. The summed E-state index contributed by atoms with van der Waals surface area (Å²) in [6.07, 6.45) is 4.75. The predicted molar refractivity (Wildman–Crippen MR) is 97.9 cm³/mol. The average Bonchev–Trinajstić information content (AvgIpc) is 2.64. The maximum atomic E-state index is 12.5. The first-order valence-electron chi connectivity index (χ1n) is 8.05. The van der Waals surface area contributed by atoms with Crippen LogP contribution in [0, 0.1) is 0 Å². The third-order valence-corrected chi connectivity index (χ3v) is 4.63. The number of hydrogen-bond donors (Lipinski definition) is 1. The van der Waals surface area contributed by atoms with Crippen molar-refractivity contribution in [1.29, 1.82) is 0 Å². The van der Waals surface area contributed by atoms with Gasteiger partial charge in [0.1, 0.15) is 0 Å². The van der Waals surface area contributed by atoms with Gasteiger partial charge in [-0.25, -0.2) is 4.98 Å². The molecule has 0 unspecified atom stereocenters. The first-order valence-corrected chi connectivity index (χ1v) is 8.43. The number of aromatic nitrogens is 1. The number of carbonyl (C=O) groups is 1. The van der Waals surface area contributed by atoms with E-state index in [4.69, 9.17) is 11.6 Å². The van der Waals surface area contributed by atoms with E-state index in [1.807, 2.05) is 13.0 Å². The molecule has 0 bridgehead atoms. The normalized spacial score (nSPS) is 16.3. The third kappa shape index (κ3) is 3.83. The summed E-state index contributed by atoms with van der Waals surface area (Å²) in [5.74, 6) is -0.0681. The molecule has 1 atom stereocenters. The Morgan fingerprint density at radius 1 is 1.25 bits per heavy atom. The van der Waals surface area contributed by atoms with Crippen LogP contribution in [0.4, 0.5) is 5.69 Å². The van der Waals surface area contributed by atoms with Crippen molar-refractivity contribution < 1.29 is 4.79 Å². The van der Waals surface area contributed by atoms with Crippen LogP contribution >= 0.6 is 11.6 Å². The van der Waals surface area contributed by atoms with E-state index < -0.39 is 0 Å². The fraction of sp³-hybridized carbons (Fsp3) is 0.263. The van der Waals surface area contributed by atoms with Crippen molar-refractivity contribution in [1.82, 2.24) is 9.88 Å². The number of hydrogen-bond acceptors (Lipinski definition) is 3. The minimum atomic E-state index is -0.227. The van der Waals surface area contributed by atoms with Crippen molar-refractivity contribution in [3.05, 3.63) is 65.5 Å². The molecule has 5 heteroatoms. The van der Waals surface area contributed by atoms with Crippen molar-refractivity contribution in [2.24, 2.45) is 0 Å². The van der Waals surface area contributed by atoms with Gasteiger partial charge in [-0.3, -0.25) is 9.69 Å². The molecule has 1 N–H and O–H groups in total. The molecule has 124 valence electrons. The Balaban J connectivity index is 1.62. The number of carbonyl (C=O) groups excluding carboxylic acids is 1. The van der Waals surface area contributed by atoms with Crippen molar-refractivity contribution in [2.45, 2.75) is 19.4 Å². The van der Waals surface area contributed by atoms with Crippen LogP contribution < -0.4 is 5.32 Å².